The number of ether oxygens (including phenoxy) is 2. The van der Waals surface area contributed by atoms with Crippen LogP contribution in [0, 0.1) is 0 Å². The van der Waals surface area contributed by atoms with Gasteiger partial charge in [-0.15, -0.1) is 0 Å². The summed E-state index contributed by atoms with van der Waals surface area (Å²) < 4.78 is 13.9. The van der Waals surface area contributed by atoms with Crippen LogP contribution < -0.4 is 30.7 Å². The summed E-state index contributed by atoms with van der Waals surface area (Å²) in [6.07, 6.45) is 3.42. The molecule has 5 rings (SSSR count). The number of nitrogens with one attached hydrogen (secondary N) is 2. The summed E-state index contributed by atoms with van der Waals surface area (Å²) in [5, 5.41) is 5.84. The van der Waals surface area contributed by atoms with Crippen LogP contribution in [0.5, 0.6) is 11.5 Å². The topological polar surface area (TPSA) is 89.8 Å². The molecule has 31 heavy (non-hydrogen) atoms. The van der Waals surface area contributed by atoms with Crippen LogP contribution in [0.25, 0.3) is 11.0 Å². The van der Waals surface area contributed by atoms with Gasteiger partial charge in [0.15, 0.2) is 11.5 Å². The molecular formula is C22H25N5O4. The molecule has 2 aromatic carbocycles. The highest BCUT2D eigenvalue weighted by Crippen LogP contribution is 2.35. The van der Waals surface area contributed by atoms with E-state index in [9.17, 15) is 9.59 Å². The van der Waals surface area contributed by atoms with Gasteiger partial charge in [0, 0.05) is 38.9 Å². The predicted molar refractivity (Wildman–Crippen MR) is 119 cm³/mol. The third kappa shape index (κ3) is 3.45. The fourth-order valence-electron chi connectivity index (χ4n) is 4.29. The first-order valence-corrected chi connectivity index (χ1v) is 10.4. The maximum absolute atomic E-state index is 12.8. The van der Waals surface area contributed by atoms with E-state index in [4.69, 9.17) is 9.47 Å². The number of hydrogen-bond donors (Lipinski definition) is 2. The van der Waals surface area contributed by atoms with Gasteiger partial charge in [0.05, 0.1) is 22.4 Å². The molecule has 162 valence electrons. The Labute approximate surface area is 179 Å². The second-order valence-corrected chi connectivity index (χ2v) is 7.95. The van der Waals surface area contributed by atoms with Crippen molar-refractivity contribution >= 4 is 34.1 Å². The quantitative estimate of drug-likeness (QED) is 0.675. The number of aryl methyl sites for hydroxylation is 2. The van der Waals surface area contributed by atoms with Gasteiger partial charge in [0.1, 0.15) is 0 Å². The van der Waals surface area contributed by atoms with E-state index in [1.165, 1.54) is 6.42 Å². The van der Waals surface area contributed by atoms with Gasteiger partial charge in [0.2, 0.25) is 6.79 Å². The number of benzene rings is 2. The van der Waals surface area contributed by atoms with E-state index < -0.39 is 0 Å². The zero-order valence-corrected chi connectivity index (χ0v) is 17.6. The maximum Gasteiger partial charge on any atom is 0.328 e. The number of carbonyl (C=O) groups is 1. The van der Waals surface area contributed by atoms with Crippen molar-refractivity contribution in [2.45, 2.75) is 19.3 Å². The molecule has 0 spiro atoms. The van der Waals surface area contributed by atoms with Crippen molar-refractivity contribution in [1.29, 1.82) is 0 Å². The molecule has 1 fully saturated rings. The van der Waals surface area contributed by atoms with E-state index in [0.717, 1.165) is 42.7 Å². The lowest BCUT2D eigenvalue weighted by Gasteiger charge is -2.30. The molecule has 9 heteroatoms. The average Bonchev–Trinajstić information content (AvgIpc) is 3.32. The number of hydrogen-bond acceptors (Lipinski definition) is 5. The van der Waals surface area contributed by atoms with Crippen LogP contribution in [-0.2, 0) is 14.1 Å². The Balaban J connectivity index is 1.47. The predicted octanol–water partition coefficient (Wildman–Crippen LogP) is 3.24. The zero-order chi connectivity index (χ0) is 21.5. The number of fused-ring (bicyclic) bond motifs is 2. The average molecular weight is 423 g/mol. The van der Waals surface area contributed by atoms with Gasteiger partial charge in [-0.05, 0) is 43.5 Å². The van der Waals surface area contributed by atoms with Gasteiger partial charge < -0.3 is 25.0 Å². The maximum atomic E-state index is 12.8. The molecule has 0 saturated carbocycles. The summed E-state index contributed by atoms with van der Waals surface area (Å²) in [7, 11) is 3.51. The van der Waals surface area contributed by atoms with Crippen LogP contribution in [-0.4, -0.2) is 35.0 Å². The largest absolute Gasteiger partial charge is 0.454 e. The number of piperidine rings is 1. The number of rotatable bonds is 3. The van der Waals surface area contributed by atoms with Crippen molar-refractivity contribution in [1.82, 2.24) is 9.13 Å². The van der Waals surface area contributed by atoms with E-state index >= 15 is 0 Å². The highest BCUT2D eigenvalue weighted by atomic mass is 16.7. The standard InChI is InChI=1S/C22H25N5O4/c1-25-17-11-15(24-21(28)23-14-6-7-19-20(10-14)31-13-30-19)16(27-8-4-3-5-9-27)12-18(17)26(2)22(25)29/h6-7,10-12H,3-5,8-9,13H2,1-2H3,(H2,23,24,28). The first kappa shape index (κ1) is 19.3. The number of nitrogens with zero attached hydrogens (tertiary/aromatic N) is 3. The molecule has 3 heterocycles. The minimum atomic E-state index is -0.364. The van der Waals surface area contributed by atoms with E-state index in [-0.39, 0.29) is 18.5 Å². The lowest BCUT2D eigenvalue weighted by Crippen LogP contribution is -2.31. The highest BCUT2D eigenvalue weighted by Gasteiger charge is 2.20. The number of urea groups is 1. The number of imidazole rings is 1. The Kier molecular flexibility index (Phi) is 4.72. The Morgan fingerprint density at radius 3 is 2.39 bits per heavy atom. The summed E-state index contributed by atoms with van der Waals surface area (Å²) in [5.41, 5.74) is 3.72. The number of carbonyl (C=O) groups excluding carboxylic acids is 1. The van der Waals surface area contributed by atoms with Crippen LogP contribution in [0.15, 0.2) is 35.1 Å². The fourth-order valence-corrected chi connectivity index (χ4v) is 4.29. The smallest absolute Gasteiger partial charge is 0.328 e. The normalized spacial score (nSPS) is 15.4. The first-order valence-electron chi connectivity index (χ1n) is 10.4. The molecule has 0 aliphatic carbocycles. The van der Waals surface area contributed by atoms with E-state index in [1.54, 1.807) is 41.4 Å². The van der Waals surface area contributed by atoms with Gasteiger partial charge in [-0.2, -0.15) is 0 Å². The molecule has 2 N–H and O–H groups in total. The summed E-state index contributed by atoms with van der Waals surface area (Å²) in [4.78, 5) is 27.5. The number of amides is 2. The Hall–Kier alpha value is -3.62. The first-order chi connectivity index (χ1) is 15.0. The van der Waals surface area contributed by atoms with Crippen molar-refractivity contribution in [2.24, 2.45) is 14.1 Å². The SMILES string of the molecule is Cn1c(=O)n(C)c2cc(N3CCCCC3)c(NC(=O)Nc3ccc4c(c3)OCO4)cc21. The number of anilines is 3. The Bertz CT molecular complexity index is 1220. The minimum Gasteiger partial charge on any atom is -0.454 e. The fraction of sp³-hybridized carbons (Fsp3) is 0.364. The van der Waals surface area contributed by atoms with Crippen LogP contribution in [0.1, 0.15) is 19.3 Å². The Morgan fingerprint density at radius 1 is 0.903 bits per heavy atom. The van der Waals surface area contributed by atoms with Crippen molar-refractivity contribution in [2.75, 3.05) is 35.4 Å². The summed E-state index contributed by atoms with van der Waals surface area (Å²) in [6, 6.07) is 8.78. The van der Waals surface area contributed by atoms with Crippen LogP contribution >= 0.6 is 0 Å². The second-order valence-electron chi connectivity index (χ2n) is 7.95. The zero-order valence-electron chi connectivity index (χ0n) is 17.6. The molecule has 1 aromatic heterocycles. The van der Waals surface area contributed by atoms with Crippen LogP contribution in [0.3, 0.4) is 0 Å². The van der Waals surface area contributed by atoms with Gasteiger partial charge in [-0.1, -0.05) is 0 Å². The molecular weight excluding hydrogens is 398 g/mol. The molecule has 1 saturated heterocycles. The third-order valence-corrected chi connectivity index (χ3v) is 5.96. The van der Waals surface area contributed by atoms with Gasteiger partial charge in [0.25, 0.3) is 0 Å². The molecule has 0 unspecified atom stereocenters. The van der Waals surface area contributed by atoms with Crippen LogP contribution in [0.4, 0.5) is 21.9 Å². The highest BCUT2D eigenvalue weighted by molar-refractivity contribution is 6.04. The molecule has 0 radical (unpaired) electrons. The molecule has 3 aromatic rings. The summed E-state index contributed by atoms with van der Waals surface area (Å²) >= 11 is 0. The summed E-state index contributed by atoms with van der Waals surface area (Å²) in [6.45, 7) is 2.02. The lowest BCUT2D eigenvalue weighted by molar-refractivity contribution is 0.174. The molecule has 2 aliphatic rings. The summed E-state index contributed by atoms with van der Waals surface area (Å²) in [5.74, 6) is 1.27. The monoisotopic (exact) mass is 423 g/mol. The Morgan fingerprint density at radius 2 is 1.61 bits per heavy atom. The van der Waals surface area contributed by atoms with Crippen molar-refractivity contribution < 1.29 is 14.3 Å². The molecule has 2 amide bonds. The van der Waals surface area contributed by atoms with E-state index in [1.807, 2.05) is 12.1 Å². The van der Waals surface area contributed by atoms with Crippen molar-refractivity contribution in [3.63, 3.8) is 0 Å². The molecule has 0 bridgehead atoms. The van der Waals surface area contributed by atoms with E-state index in [0.29, 0.717) is 22.9 Å². The number of aromatic nitrogens is 2. The second kappa shape index (κ2) is 7.57. The molecule has 9 nitrogen and oxygen atoms in total. The molecule has 2 aliphatic heterocycles. The lowest BCUT2D eigenvalue weighted by atomic mass is 10.1. The van der Waals surface area contributed by atoms with Gasteiger partial charge in [-0.3, -0.25) is 9.13 Å². The molecule has 0 atom stereocenters. The van der Waals surface area contributed by atoms with Gasteiger partial charge in [-0.25, -0.2) is 9.59 Å². The van der Waals surface area contributed by atoms with Crippen molar-refractivity contribution in [3.8, 4) is 11.5 Å². The van der Waals surface area contributed by atoms with Crippen LogP contribution in [0.2, 0.25) is 0 Å². The van der Waals surface area contributed by atoms with Crippen molar-refractivity contribution in [3.05, 3.63) is 40.8 Å². The minimum absolute atomic E-state index is 0.0958. The van der Waals surface area contributed by atoms with E-state index in [2.05, 4.69) is 15.5 Å². The van der Waals surface area contributed by atoms with Gasteiger partial charge >= 0.3 is 11.7 Å². The third-order valence-electron chi connectivity index (χ3n) is 5.96.